The van der Waals surface area contributed by atoms with Crippen LogP contribution >= 0.6 is 22.9 Å². The van der Waals surface area contributed by atoms with Crippen molar-refractivity contribution in [1.82, 2.24) is 5.32 Å². The first-order chi connectivity index (χ1) is 10.0. The maximum atomic E-state index is 13.4. The van der Waals surface area contributed by atoms with Crippen LogP contribution in [0.3, 0.4) is 0 Å². The maximum Gasteiger partial charge on any atom is 0.133 e. The molecule has 2 aromatic rings. The van der Waals surface area contributed by atoms with Crippen molar-refractivity contribution in [3.63, 3.8) is 0 Å². The largest absolute Gasteiger partial charge is 0.345 e. The highest BCUT2D eigenvalue weighted by atomic mass is 35.5. The Morgan fingerprint density at radius 1 is 1.29 bits per heavy atom. The van der Waals surface area contributed by atoms with E-state index in [9.17, 15) is 4.39 Å². The molecule has 108 valence electrons. The fourth-order valence-electron chi connectivity index (χ4n) is 2.38. The molecule has 0 fully saturated rings. The highest BCUT2D eigenvalue weighted by Crippen LogP contribution is 2.36. The number of hydrogen-bond acceptors (Lipinski definition) is 3. The van der Waals surface area contributed by atoms with Gasteiger partial charge >= 0.3 is 0 Å². The van der Waals surface area contributed by atoms with Gasteiger partial charge in [0.25, 0.3) is 0 Å². The van der Waals surface area contributed by atoms with Gasteiger partial charge in [0.05, 0.1) is 5.03 Å². The highest BCUT2D eigenvalue weighted by molar-refractivity contribution is 7.12. The van der Waals surface area contributed by atoms with Crippen LogP contribution in [-0.2, 0) is 0 Å². The Kier molecular flexibility index (Phi) is 3.83. The molecule has 1 aromatic carbocycles. The Labute approximate surface area is 132 Å². The van der Waals surface area contributed by atoms with Gasteiger partial charge in [-0.25, -0.2) is 4.39 Å². The standard InChI is InChI=1S/C16H14ClFN2S/c1-9-6-13(10(2)21-9)15-14(17)8-19-16(20-15)11-4-3-5-12(18)7-11/h3-8,15H,1-2H3,(H,19,20). The quantitative estimate of drug-likeness (QED) is 0.854. The van der Waals surface area contributed by atoms with E-state index in [1.807, 2.05) is 6.07 Å². The molecule has 2 heterocycles. The third kappa shape index (κ3) is 2.87. The van der Waals surface area contributed by atoms with Crippen molar-refractivity contribution >= 4 is 28.8 Å². The third-order valence-electron chi connectivity index (χ3n) is 3.34. The first-order valence-corrected chi connectivity index (χ1v) is 7.77. The topological polar surface area (TPSA) is 24.4 Å². The lowest BCUT2D eigenvalue weighted by Gasteiger charge is -2.20. The van der Waals surface area contributed by atoms with Crippen LogP contribution in [0.1, 0.15) is 26.9 Å². The molecule has 0 radical (unpaired) electrons. The van der Waals surface area contributed by atoms with E-state index in [-0.39, 0.29) is 11.9 Å². The van der Waals surface area contributed by atoms with Gasteiger partial charge in [0.2, 0.25) is 0 Å². The molecule has 1 aromatic heterocycles. The summed E-state index contributed by atoms with van der Waals surface area (Å²) < 4.78 is 13.4. The van der Waals surface area contributed by atoms with E-state index in [1.165, 1.54) is 21.9 Å². The zero-order valence-corrected chi connectivity index (χ0v) is 13.2. The molecule has 1 aliphatic rings. The van der Waals surface area contributed by atoms with Gasteiger partial charge in [-0.2, -0.15) is 0 Å². The normalized spacial score (nSPS) is 18.0. The lowest BCUT2D eigenvalue weighted by molar-refractivity contribution is 0.627. The molecule has 0 amide bonds. The number of aryl methyl sites for hydroxylation is 2. The van der Waals surface area contributed by atoms with Crippen LogP contribution in [0.4, 0.5) is 4.39 Å². The molecular formula is C16H14ClFN2S. The van der Waals surface area contributed by atoms with Crippen molar-refractivity contribution in [3.05, 3.63) is 68.3 Å². The molecule has 3 rings (SSSR count). The Bertz CT molecular complexity index is 748. The van der Waals surface area contributed by atoms with Gasteiger partial charge < -0.3 is 5.32 Å². The van der Waals surface area contributed by atoms with Crippen molar-refractivity contribution in [2.75, 3.05) is 0 Å². The Morgan fingerprint density at radius 2 is 2.10 bits per heavy atom. The van der Waals surface area contributed by atoms with Gasteiger partial charge in [0.15, 0.2) is 0 Å². The lowest BCUT2D eigenvalue weighted by Crippen LogP contribution is -2.24. The van der Waals surface area contributed by atoms with Crippen molar-refractivity contribution in [1.29, 1.82) is 0 Å². The lowest BCUT2D eigenvalue weighted by atomic mass is 10.1. The van der Waals surface area contributed by atoms with Crippen molar-refractivity contribution in [3.8, 4) is 0 Å². The fourth-order valence-corrected chi connectivity index (χ4v) is 3.56. The molecule has 0 saturated carbocycles. The first kappa shape index (κ1) is 14.3. The summed E-state index contributed by atoms with van der Waals surface area (Å²) in [6.07, 6.45) is 1.73. The van der Waals surface area contributed by atoms with Crippen LogP contribution in [0.15, 0.2) is 46.6 Å². The van der Waals surface area contributed by atoms with E-state index in [4.69, 9.17) is 11.6 Å². The van der Waals surface area contributed by atoms with Crippen LogP contribution in [0, 0.1) is 19.7 Å². The second kappa shape index (κ2) is 5.62. The van der Waals surface area contributed by atoms with Gasteiger partial charge in [0.1, 0.15) is 17.7 Å². The highest BCUT2D eigenvalue weighted by Gasteiger charge is 2.23. The number of benzene rings is 1. The zero-order chi connectivity index (χ0) is 15.0. The Balaban J connectivity index is 2.02. The number of thiophene rings is 1. The molecule has 0 aliphatic carbocycles. The predicted molar refractivity (Wildman–Crippen MR) is 86.5 cm³/mol. The minimum atomic E-state index is -0.281. The molecule has 1 unspecified atom stereocenters. The van der Waals surface area contributed by atoms with Gasteiger partial charge in [-0.1, -0.05) is 23.7 Å². The molecule has 2 nitrogen and oxygen atoms in total. The average Bonchev–Trinajstić information content (AvgIpc) is 2.78. The molecular weight excluding hydrogens is 307 g/mol. The minimum Gasteiger partial charge on any atom is -0.345 e. The van der Waals surface area contributed by atoms with Crippen LogP contribution < -0.4 is 5.32 Å². The first-order valence-electron chi connectivity index (χ1n) is 6.57. The number of nitrogens with one attached hydrogen (secondary N) is 1. The van der Waals surface area contributed by atoms with Crippen molar-refractivity contribution in [2.24, 2.45) is 4.99 Å². The van der Waals surface area contributed by atoms with Crippen molar-refractivity contribution < 1.29 is 4.39 Å². The SMILES string of the molecule is Cc1cc(C2N=C(c3cccc(F)c3)NC=C2Cl)c(C)s1. The van der Waals surface area contributed by atoms with Gasteiger partial charge in [0, 0.05) is 21.5 Å². The predicted octanol–water partition coefficient (Wildman–Crippen LogP) is 4.68. The van der Waals surface area contributed by atoms with Crippen LogP contribution in [0.2, 0.25) is 0 Å². The Hall–Kier alpha value is -1.65. The maximum absolute atomic E-state index is 13.4. The minimum absolute atomic E-state index is 0.226. The number of hydrogen-bond donors (Lipinski definition) is 1. The van der Waals surface area contributed by atoms with Crippen LogP contribution in [-0.4, -0.2) is 5.84 Å². The molecule has 0 spiro atoms. The monoisotopic (exact) mass is 320 g/mol. The summed E-state index contributed by atoms with van der Waals surface area (Å²) in [6.45, 7) is 4.13. The van der Waals surface area contributed by atoms with E-state index in [1.54, 1.807) is 23.6 Å². The summed E-state index contributed by atoms with van der Waals surface area (Å²) in [4.78, 5) is 7.10. The molecule has 21 heavy (non-hydrogen) atoms. The smallest absolute Gasteiger partial charge is 0.133 e. The van der Waals surface area contributed by atoms with Crippen molar-refractivity contribution in [2.45, 2.75) is 19.9 Å². The van der Waals surface area contributed by atoms with Gasteiger partial charge in [-0.15, -0.1) is 11.3 Å². The summed E-state index contributed by atoms with van der Waals surface area (Å²) in [5.41, 5.74) is 1.82. The van der Waals surface area contributed by atoms with Crippen LogP contribution in [0.5, 0.6) is 0 Å². The molecule has 0 saturated heterocycles. The van der Waals surface area contributed by atoms with Crippen LogP contribution in [0.25, 0.3) is 0 Å². The molecule has 5 heteroatoms. The summed E-state index contributed by atoms with van der Waals surface area (Å²) in [7, 11) is 0. The van der Waals surface area contributed by atoms with Gasteiger partial charge in [-0.3, -0.25) is 4.99 Å². The van der Waals surface area contributed by atoms with E-state index >= 15 is 0 Å². The third-order valence-corrected chi connectivity index (χ3v) is 4.64. The van der Waals surface area contributed by atoms with E-state index in [0.29, 0.717) is 16.4 Å². The molecule has 0 bridgehead atoms. The van der Waals surface area contributed by atoms with E-state index in [0.717, 1.165) is 5.56 Å². The number of nitrogens with zero attached hydrogens (tertiary/aromatic N) is 1. The molecule has 1 aliphatic heterocycles. The molecule has 1 N–H and O–H groups in total. The zero-order valence-electron chi connectivity index (χ0n) is 11.7. The summed E-state index contributed by atoms with van der Waals surface area (Å²) in [6, 6.07) is 8.26. The second-order valence-electron chi connectivity index (χ2n) is 4.93. The number of halogens is 2. The Morgan fingerprint density at radius 3 is 2.76 bits per heavy atom. The average molecular weight is 321 g/mol. The summed E-state index contributed by atoms with van der Waals surface area (Å²) in [5, 5.41) is 3.67. The summed E-state index contributed by atoms with van der Waals surface area (Å²) in [5.74, 6) is 0.351. The number of amidine groups is 1. The molecule has 1 atom stereocenters. The second-order valence-corrected chi connectivity index (χ2v) is 6.83. The number of rotatable bonds is 2. The van der Waals surface area contributed by atoms with E-state index in [2.05, 4.69) is 30.2 Å². The summed E-state index contributed by atoms with van der Waals surface area (Å²) >= 11 is 8.03. The van der Waals surface area contributed by atoms with Gasteiger partial charge in [-0.05, 0) is 37.6 Å². The van der Waals surface area contributed by atoms with E-state index < -0.39 is 0 Å². The fraction of sp³-hybridized carbons (Fsp3) is 0.188. The number of aliphatic imine (C=N–C) groups is 1.